The van der Waals surface area contributed by atoms with Crippen LogP contribution in [-0.2, 0) is 9.59 Å². The number of ether oxygens (including phenoxy) is 1. The summed E-state index contributed by atoms with van der Waals surface area (Å²) in [7, 11) is 0. The van der Waals surface area contributed by atoms with Crippen LogP contribution in [0.2, 0.25) is 5.02 Å². The largest absolute Gasteiger partial charge is 0.481 e. The molecule has 2 unspecified atom stereocenters. The van der Waals surface area contributed by atoms with E-state index in [0.29, 0.717) is 23.7 Å². The van der Waals surface area contributed by atoms with E-state index in [-0.39, 0.29) is 18.4 Å². The molecule has 1 heterocycles. The Labute approximate surface area is 141 Å². The van der Waals surface area contributed by atoms with Gasteiger partial charge in [0.1, 0.15) is 5.75 Å². The normalized spacial score (nSPS) is 19.2. The minimum atomic E-state index is -0.828. The van der Waals surface area contributed by atoms with Gasteiger partial charge < -0.3 is 14.7 Å². The Morgan fingerprint density at radius 2 is 2.22 bits per heavy atom. The Balaban J connectivity index is 1.99. The molecule has 0 spiro atoms. The van der Waals surface area contributed by atoms with Crippen LogP contribution in [0.1, 0.15) is 39.0 Å². The summed E-state index contributed by atoms with van der Waals surface area (Å²) in [5.41, 5.74) is 0. The molecule has 1 aliphatic rings. The van der Waals surface area contributed by atoms with Crippen LogP contribution < -0.4 is 4.74 Å². The van der Waals surface area contributed by atoms with Gasteiger partial charge in [-0.2, -0.15) is 0 Å². The van der Waals surface area contributed by atoms with Crippen molar-refractivity contribution in [1.82, 2.24) is 4.90 Å². The first-order valence-electron chi connectivity index (χ1n) is 7.92. The predicted octanol–water partition coefficient (Wildman–Crippen LogP) is 3.35. The predicted molar refractivity (Wildman–Crippen MR) is 87.8 cm³/mol. The number of carbonyl (C=O) groups is 2. The Hall–Kier alpha value is -1.75. The first-order valence-corrected chi connectivity index (χ1v) is 8.29. The van der Waals surface area contributed by atoms with E-state index in [9.17, 15) is 9.59 Å². The second-order valence-corrected chi connectivity index (χ2v) is 6.27. The molecule has 1 fully saturated rings. The van der Waals surface area contributed by atoms with E-state index in [0.717, 1.165) is 19.3 Å². The van der Waals surface area contributed by atoms with Gasteiger partial charge in [-0.1, -0.05) is 17.7 Å². The van der Waals surface area contributed by atoms with Crippen LogP contribution in [0, 0.1) is 0 Å². The smallest absolute Gasteiger partial charge is 0.303 e. The summed E-state index contributed by atoms with van der Waals surface area (Å²) in [4.78, 5) is 25.2. The Kier molecular flexibility index (Phi) is 6.28. The van der Waals surface area contributed by atoms with E-state index < -0.39 is 12.1 Å². The molecule has 0 aromatic heterocycles. The van der Waals surface area contributed by atoms with Gasteiger partial charge in [0.15, 0.2) is 6.10 Å². The third kappa shape index (κ3) is 5.13. The molecule has 0 aliphatic carbocycles. The molecule has 1 saturated heterocycles. The summed E-state index contributed by atoms with van der Waals surface area (Å²) < 4.78 is 5.69. The van der Waals surface area contributed by atoms with Gasteiger partial charge in [0.25, 0.3) is 5.91 Å². The van der Waals surface area contributed by atoms with Gasteiger partial charge in [0.05, 0.1) is 0 Å². The number of benzene rings is 1. The fourth-order valence-corrected chi connectivity index (χ4v) is 3.09. The van der Waals surface area contributed by atoms with E-state index in [1.807, 2.05) is 0 Å². The zero-order valence-electron chi connectivity index (χ0n) is 13.2. The van der Waals surface area contributed by atoms with Crippen LogP contribution in [0.25, 0.3) is 0 Å². The number of carboxylic acid groups (broad SMARTS) is 1. The molecular weight excluding hydrogens is 318 g/mol. The summed E-state index contributed by atoms with van der Waals surface area (Å²) in [5, 5.41) is 9.41. The van der Waals surface area contributed by atoms with Crippen molar-refractivity contribution < 1.29 is 19.4 Å². The van der Waals surface area contributed by atoms with Crippen LogP contribution in [0.3, 0.4) is 0 Å². The highest BCUT2D eigenvalue weighted by Gasteiger charge is 2.30. The van der Waals surface area contributed by atoms with Crippen LogP contribution in [-0.4, -0.2) is 40.6 Å². The minimum Gasteiger partial charge on any atom is -0.481 e. The topological polar surface area (TPSA) is 66.8 Å². The number of piperidine rings is 1. The number of amides is 1. The maximum atomic E-state index is 12.7. The molecular formula is C17H22ClNO4. The van der Waals surface area contributed by atoms with Crippen molar-refractivity contribution in [2.75, 3.05) is 6.54 Å². The lowest BCUT2D eigenvalue weighted by Gasteiger charge is -2.37. The van der Waals surface area contributed by atoms with E-state index in [4.69, 9.17) is 21.4 Å². The number of halogens is 1. The van der Waals surface area contributed by atoms with Crippen LogP contribution in [0.5, 0.6) is 5.75 Å². The van der Waals surface area contributed by atoms with Gasteiger partial charge in [-0.15, -0.1) is 0 Å². The molecule has 1 aromatic carbocycles. The number of rotatable bonds is 6. The van der Waals surface area contributed by atoms with E-state index in [2.05, 4.69) is 0 Å². The molecule has 126 valence electrons. The summed E-state index contributed by atoms with van der Waals surface area (Å²) in [6.45, 7) is 2.37. The second kappa shape index (κ2) is 8.20. The monoisotopic (exact) mass is 339 g/mol. The van der Waals surface area contributed by atoms with Crippen molar-refractivity contribution in [3.8, 4) is 5.75 Å². The average molecular weight is 340 g/mol. The summed E-state index contributed by atoms with van der Waals surface area (Å²) in [5.74, 6) is -0.372. The first kappa shape index (κ1) is 17.6. The van der Waals surface area contributed by atoms with Crippen LogP contribution >= 0.6 is 11.6 Å². The summed E-state index contributed by atoms with van der Waals surface area (Å²) in [6, 6.07) is 6.92. The highest BCUT2D eigenvalue weighted by Crippen LogP contribution is 2.24. The molecule has 1 aromatic rings. The summed E-state index contributed by atoms with van der Waals surface area (Å²) >= 11 is 5.92. The lowest BCUT2D eigenvalue weighted by atomic mass is 9.97. The van der Waals surface area contributed by atoms with E-state index in [1.54, 1.807) is 36.1 Å². The highest BCUT2D eigenvalue weighted by molar-refractivity contribution is 6.30. The second-order valence-electron chi connectivity index (χ2n) is 5.83. The molecule has 23 heavy (non-hydrogen) atoms. The maximum absolute atomic E-state index is 12.7. The van der Waals surface area contributed by atoms with E-state index >= 15 is 0 Å². The minimum absolute atomic E-state index is 0.0160. The molecule has 1 amide bonds. The average Bonchev–Trinajstić information content (AvgIpc) is 2.52. The number of hydrogen-bond acceptors (Lipinski definition) is 3. The van der Waals surface area contributed by atoms with Gasteiger partial charge in [0, 0.05) is 24.0 Å². The zero-order chi connectivity index (χ0) is 16.8. The fraction of sp³-hybridized carbons (Fsp3) is 0.529. The van der Waals surface area contributed by atoms with Crippen LogP contribution in [0.15, 0.2) is 24.3 Å². The molecule has 0 bridgehead atoms. The first-order chi connectivity index (χ1) is 11.0. The summed E-state index contributed by atoms with van der Waals surface area (Å²) in [6.07, 6.45) is 2.77. The lowest BCUT2D eigenvalue weighted by Crippen LogP contribution is -2.49. The van der Waals surface area contributed by atoms with Crippen molar-refractivity contribution in [3.05, 3.63) is 29.3 Å². The standard InChI is InChI=1S/C17H22ClNO4/c1-12(23-15-7-4-5-13(18)11-15)17(22)19-10-3-2-6-14(19)8-9-16(20)21/h4-5,7,11-12,14H,2-3,6,8-10H2,1H3,(H,20,21). The molecule has 0 radical (unpaired) electrons. The number of hydrogen-bond donors (Lipinski definition) is 1. The fourth-order valence-electron chi connectivity index (χ4n) is 2.91. The SMILES string of the molecule is CC(Oc1cccc(Cl)c1)C(=O)N1CCCCC1CCC(=O)O. The number of carboxylic acids is 1. The van der Waals surface area contributed by atoms with Crippen LogP contribution in [0.4, 0.5) is 0 Å². The lowest BCUT2D eigenvalue weighted by molar-refractivity contribution is -0.144. The quantitative estimate of drug-likeness (QED) is 0.863. The Bertz CT molecular complexity index is 563. The van der Waals surface area contributed by atoms with Gasteiger partial charge in [-0.05, 0) is 50.8 Å². The van der Waals surface area contributed by atoms with Gasteiger partial charge in [-0.3, -0.25) is 9.59 Å². The van der Waals surface area contributed by atoms with E-state index in [1.165, 1.54) is 0 Å². The van der Waals surface area contributed by atoms with Gasteiger partial charge in [-0.25, -0.2) is 0 Å². The number of likely N-dealkylation sites (tertiary alicyclic amines) is 1. The molecule has 2 atom stereocenters. The van der Waals surface area contributed by atoms with Crippen molar-refractivity contribution in [2.45, 2.75) is 51.2 Å². The van der Waals surface area contributed by atoms with Crippen molar-refractivity contribution in [3.63, 3.8) is 0 Å². The van der Waals surface area contributed by atoms with Gasteiger partial charge >= 0.3 is 5.97 Å². The van der Waals surface area contributed by atoms with Crippen molar-refractivity contribution in [1.29, 1.82) is 0 Å². The molecule has 1 aliphatic heterocycles. The number of aliphatic carboxylic acids is 1. The molecule has 5 nitrogen and oxygen atoms in total. The number of nitrogens with zero attached hydrogens (tertiary/aromatic N) is 1. The Morgan fingerprint density at radius 1 is 1.43 bits per heavy atom. The van der Waals surface area contributed by atoms with Crippen molar-refractivity contribution >= 4 is 23.5 Å². The highest BCUT2D eigenvalue weighted by atomic mass is 35.5. The maximum Gasteiger partial charge on any atom is 0.303 e. The van der Waals surface area contributed by atoms with Gasteiger partial charge in [0.2, 0.25) is 0 Å². The molecule has 6 heteroatoms. The third-order valence-electron chi connectivity index (χ3n) is 4.06. The number of carbonyl (C=O) groups excluding carboxylic acids is 1. The van der Waals surface area contributed by atoms with Crippen molar-refractivity contribution in [2.24, 2.45) is 0 Å². The molecule has 2 rings (SSSR count). The molecule has 0 saturated carbocycles. The third-order valence-corrected chi connectivity index (χ3v) is 4.29. The Morgan fingerprint density at radius 3 is 2.91 bits per heavy atom. The zero-order valence-corrected chi connectivity index (χ0v) is 14.0. The molecule has 1 N–H and O–H groups in total.